The number of benzene rings is 1. The minimum Gasteiger partial charge on any atom is -0.324 e. The largest absolute Gasteiger partial charge is 0.324 e. The minimum atomic E-state index is -0.372. The van der Waals surface area contributed by atoms with Crippen LogP contribution in [0.2, 0.25) is 5.02 Å². The van der Waals surface area contributed by atoms with E-state index in [1.54, 1.807) is 18.3 Å². The van der Waals surface area contributed by atoms with Crippen LogP contribution in [0.25, 0.3) is 10.9 Å². The molecule has 1 heterocycles. The molecule has 0 radical (unpaired) electrons. The molecule has 0 saturated heterocycles. The fourth-order valence-electron chi connectivity index (χ4n) is 1.92. The van der Waals surface area contributed by atoms with Crippen molar-refractivity contribution in [1.82, 2.24) is 4.98 Å². The summed E-state index contributed by atoms with van der Waals surface area (Å²) in [5, 5.41) is 3.89. The number of anilines is 1. The second-order valence-electron chi connectivity index (χ2n) is 4.38. The number of nitrogens with zero attached hydrogens (tertiary/aromatic N) is 1. The first-order chi connectivity index (χ1) is 8.99. The van der Waals surface area contributed by atoms with Crippen LogP contribution in [-0.4, -0.2) is 16.7 Å². The van der Waals surface area contributed by atoms with E-state index in [4.69, 9.17) is 11.6 Å². The Morgan fingerprint density at radius 3 is 2.84 bits per heavy atom. The van der Waals surface area contributed by atoms with E-state index in [0.717, 1.165) is 16.5 Å². The molecule has 0 atom stereocenters. The molecule has 0 spiro atoms. The topological polar surface area (TPSA) is 59.1 Å². The van der Waals surface area contributed by atoms with Gasteiger partial charge < -0.3 is 5.32 Å². The third kappa shape index (κ3) is 2.90. The lowest BCUT2D eigenvalue weighted by Gasteiger charge is -2.11. The van der Waals surface area contributed by atoms with Crippen molar-refractivity contribution in [1.29, 1.82) is 0 Å². The smallest absolute Gasteiger partial charge is 0.231 e. The van der Waals surface area contributed by atoms with Crippen LogP contribution in [-0.2, 0) is 9.59 Å². The van der Waals surface area contributed by atoms with Gasteiger partial charge in [0.1, 0.15) is 5.78 Å². The van der Waals surface area contributed by atoms with Crippen LogP contribution in [0.3, 0.4) is 0 Å². The number of ketones is 1. The molecule has 19 heavy (non-hydrogen) atoms. The third-order valence-corrected chi connectivity index (χ3v) is 3.00. The van der Waals surface area contributed by atoms with E-state index < -0.39 is 0 Å². The number of rotatable bonds is 3. The normalized spacial score (nSPS) is 10.5. The summed E-state index contributed by atoms with van der Waals surface area (Å²) in [4.78, 5) is 26.9. The fourth-order valence-corrected chi connectivity index (χ4v) is 2.23. The number of hydrogen-bond donors (Lipinski definition) is 1. The zero-order valence-electron chi connectivity index (χ0n) is 10.7. The average molecular weight is 277 g/mol. The van der Waals surface area contributed by atoms with Gasteiger partial charge in [0.25, 0.3) is 0 Å². The van der Waals surface area contributed by atoms with Crippen LogP contribution in [0.5, 0.6) is 0 Å². The van der Waals surface area contributed by atoms with E-state index in [0.29, 0.717) is 10.7 Å². The number of amides is 1. The molecule has 0 fully saturated rings. The Hall–Kier alpha value is -1.94. The number of carbonyl (C=O) groups excluding carboxylic acids is 2. The number of aryl methyl sites for hydroxylation is 1. The van der Waals surface area contributed by atoms with Crippen molar-refractivity contribution in [3.8, 4) is 0 Å². The molecule has 1 aromatic carbocycles. The highest BCUT2D eigenvalue weighted by molar-refractivity contribution is 6.35. The van der Waals surface area contributed by atoms with Crippen molar-refractivity contribution in [3.05, 3.63) is 35.0 Å². The minimum absolute atomic E-state index is 0.161. The summed E-state index contributed by atoms with van der Waals surface area (Å²) in [5.74, 6) is -0.563. The van der Waals surface area contributed by atoms with Gasteiger partial charge in [-0.15, -0.1) is 0 Å². The molecule has 0 aliphatic heterocycles. The van der Waals surface area contributed by atoms with E-state index in [1.165, 1.54) is 6.92 Å². The fraction of sp³-hybridized carbons (Fsp3) is 0.214. The van der Waals surface area contributed by atoms with E-state index in [1.807, 2.05) is 13.0 Å². The monoisotopic (exact) mass is 276 g/mol. The van der Waals surface area contributed by atoms with Crippen molar-refractivity contribution < 1.29 is 9.59 Å². The number of halogens is 1. The molecular formula is C14H13ClN2O2. The molecule has 0 bridgehead atoms. The number of hydrogen-bond acceptors (Lipinski definition) is 3. The number of Topliss-reactive ketones (excluding diaryl/α,β-unsaturated/α-hetero) is 1. The van der Waals surface area contributed by atoms with Crippen molar-refractivity contribution >= 4 is 39.9 Å². The van der Waals surface area contributed by atoms with Crippen LogP contribution in [0, 0.1) is 6.92 Å². The standard InChI is InChI=1S/C14H13ClN2O2/c1-8-6-11(15)14(17-12(19)7-9(2)18)10-4-3-5-16-13(8)10/h3-6H,7H2,1-2H3,(H,17,19). The Kier molecular flexibility index (Phi) is 3.81. The van der Waals surface area contributed by atoms with Crippen molar-refractivity contribution in [2.45, 2.75) is 20.3 Å². The molecular weight excluding hydrogens is 264 g/mol. The summed E-state index contributed by atoms with van der Waals surface area (Å²) in [7, 11) is 0. The van der Waals surface area contributed by atoms with Crippen LogP contribution >= 0.6 is 11.6 Å². The second-order valence-corrected chi connectivity index (χ2v) is 4.78. The first-order valence-electron chi connectivity index (χ1n) is 5.82. The Bertz CT molecular complexity index is 668. The van der Waals surface area contributed by atoms with Gasteiger partial charge in [0.2, 0.25) is 5.91 Å². The highest BCUT2D eigenvalue weighted by Crippen LogP contribution is 2.32. The van der Waals surface area contributed by atoms with E-state index >= 15 is 0 Å². The number of aromatic nitrogens is 1. The van der Waals surface area contributed by atoms with Gasteiger partial charge in [0, 0.05) is 11.6 Å². The summed E-state index contributed by atoms with van der Waals surface area (Å²) in [6.07, 6.45) is 1.52. The molecule has 5 heteroatoms. The molecule has 0 aliphatic rings. The Balaban J connectivity index is 2.48. The maximum absolute atomic E-state index is 11.7. The summed E-state index contributed by atoms with van der Waals surface area (Å²) in [5.41, 5.74) is 2.22. The summed E-state index contributed by atoms with van der Waals surface area (Å²) < 4.78 is 0. The van der Waals surface area contributed by atoms with Crippen LogP contribution in [0.1, 0.15) is 18.9 Å². The summed E-state index contributed by atoms with van der Waals surface area (Å²) >= 11 is 6.16. The molecule has 1 amide bonds. The van der Waals surface area contributed by atoms with Gasteiger partial charge in [-0.2, -0.15) is 0 Å². The second kappa shape index (κ2) is 5.36. The number of fused-ring (bicyclic) bond motifs is 1. The lowest BCUT2D eigenvalue weighted by atomic mass is 10.1. The Morgan fingerprint density at radius 2 is 2.16 bits per heavy atom. The molecule has 2 rings (SSSR count). The van der Waals surface area contributed by atoms with Gasteiger partial charge >= 0.3 is 0 Å². The summed E-state index contributed by atoms with van der Waals surface area (Å²) in [6.45, 7) is 3.28. The van der Waals surface area contributed by atoms with Gasteiger partial charge in [-0.3, -0.25) is 14.6 Å². The lowest BCUT2D eigenvalue weighted by Crippen LogP contribution is -2.15. The number of pyridine rings is 1. The average Bonchev–Trinajstić information content (AvgIpc) is 2.33. The van der Waals surface area contributed by atoms with Gasteiger partial charge in [-0.25, -0.2) is 0 Å². The summed E-state index contributed by atoms with van der Waals surface area (Å²) in [6, 6.07) is 5.36. The van der Waals surface area contributed by atoms with Crippen LogP contribution < -0.4 is 5.32 Å². The quantitative estimate of drug-likeness (QED) is 0.876. The van der Waals surface area contributed by atoms with Gasteiger partial charge in [0.05, 0.1) is 22.6 Å². The molecule has 0 saturated carbocycles. The van der Waals surface area contributed by atoms with Crippen LogP contribution in [0.4, 0.5) is 5.69 Å². The Morgan fingerprint density at radius 1 is 1.42 bits per heavy atom. The van der Waals surface area contributed by atoms with Gasteiger partial charge in [0.15, 0.2) is 0 Å². The van der Waals surface area contributed by atoms with Crippen LogP contribution in [0.15, 0.2) is 24.4 Å². The van der Waals surface area contributed by atoms with Crippen molar-refractivity contribution in [2.24, 2.45) is 0 Å². The molecule has 98 valence electrons. The number of nitrogens with one attached hydrogen (secondary N) is 1. The van der Waals surface area contributed by atoms with Crippen molar-refractivity contribution in [3.63, 3.8) is 0 Å². The molecule has 0 unspecified atom stereocenters. The molecule has 4 nitrogen and oxygen atoms in total. The lowest BCUT2D eigenvalue weighted by molar-refractivity contribution is -0.124. The van der Waals surface area contributed by atoms with E-state index in [2.05, 4.69) is 10.3 Å². The molecule has 1 aromatic heterocycles. The number of carbonyl (C=O) groups is 2. The van der Waals surface area contributed by atoms with Gasteiger partial charge in [-0.05, 0) is 37.6 Å². The maximum Gasteiger partial charge on any atom is 0.231 e. The first-order valence-corrected chi connectivity index (χ1v) is 6.20. The molecule has 1 N–H and O–H groups in total. The van der Waals surface area contributed by atoms with E-state index in [-0.39, 0.29) is 18.1 Å². The molecule has 0 aliphatic carbocycles. The maximum atomic E-state index is 11.7. The zero-order chi connectivity index (χ0) is 14.0. The Labute approximate surface area is 115 Å². The van der Waals surface area contributed by atoms with Crippen molar-refractivity contribution in [2.75, 3.05) is 5.32 Å². The predicted octanol–water partition coefficient (Wildman–Crippen LogP) is 3.11. The van der Waals surface area contributed by atoms with E-state index in [9.17, 15) is 9.59 Å². The SMILES string of the molecule is CC(=O)CC(=O)Nc1c(Cl)cc(C)c2ncccc12. The highest BCUT2D eigenvalue weighted by atomic mass is 35.5. The first kappa shape index (κ1) is 13.5. The predicted molar refractivity (Wildman–Crippen MR) is 75.4 cm³/mol. The third-order valence-electron chi connectivity index (χ3n) is 2.71. The zero-order valence-corrected chi connectivity index (χ0v) is 11.4. The molecule has 2 aromatic rings. The highest BCUT2D eigenvalue weighted by Gasteiger charge is 2.13. The van der Waals surface area contributed by atoms with Gasteiger partial charge in [-0.1, -0.05) is 11.6 Å².